The maximum atomic E-state index is 10.8. The van der Waals surface area contributed by atoms with Gasteiger partial charge in [0.05, 0.1) is 40.2 Å². The summed E-state index contributed by atoms with van der Waals surface area (Å²) in [5, 5.41) is 43.5. The monoisotopic (exact) mass is 526 g/mol. The number of thiophene rings is 1. The minimum absolute atomic E-state index is 0.211. The van der Waals surface area contributed by atoms with Crippen molar-refractivity contribution in [3.63, 3.8) is 0 Å². The molecule has 0 spiro atoms. The quantitative estimate of drug-likeness (QED) is 0.182. The van der Waals surface area contributed by atoms with Crippen LogP contribution < -0.4 is 16.0 Å². The molecule has 11 heteroatoms. The van der Waals surface area contributed by atoms with Gasteiger partial charge in [0.25, 0.3) is 0 Å². The van der Waals surface area contributed by atoms with Crippen molar-refractivity contribution in [2.75, 3.05) is 17.2 Å². The number of rotatable bonds is 9. The molecule has 5 atom stereocenters. The van der Waals surface area contributed by atoms with Crippen LogP contribution in [0.1, 0.15) is 23.9 Å². The van der Waals surface area contributed by atoms with Crippen molar-refractivity contribution in [1.82, 2.24) is 20.3 Å². The Hall–Kier alpha value is -2.67. The van der Waals surface area contributed by atoms with E-state index in [1.165, 1.54) is 4.88 Å². The molecule has 3 heterocycles. The number of fused-ring (bicyclic) bond motifs is 1. The molecule has 4 aromatic rings. The highest BCUT2D eigenvalue weighted by Crippen LogP contribution is 2.38. The molecule has 3 aromatic heterocycles. The number of nitrogens with one attached hydrogen (secondary N) is 3. The zero-order valence-corrected chi connectivity index (χ0v) is 21.7. The molecule has 0 aliphatic heterocycles. The minimum Gasteiger partial charge on any atom is -0.390 e. The minimum atomic E-state index is -0.980. The summed E-state index contributed by atoms with van der Waals surface area (Å²) in [5.74, 6) is 0.835. The number of thiazole rings is 1. The largest absolute Gasteiger partial charge is 0.390 e. The van der Waals surface area contributed by atoms with Crippen LogP contribution in [0, 0.1) is 12.8 Å². The zero-order valence-electron chi connectivity index (χ0n) is 20.0. The Bertz CT molecular complexity index is 1280. The number of aliphatic hydroxyl groups excluding tert-OH is 3. The fourth-order valence-electron chi connectivity index (χ4n) is 4.54. The highest BCUT2D eigenvalue weighted by molar-refractivity contribution is 7.21. The van der Waals surface area contributed by atoms with E-state index in [4.69, 9.17) is 15.0 Å². The molecule has 0 saturated heterocycles. The molecule has 0 bridgehead atoms. The number of para-hydroxylation sites is 1. The van der Waals surface area contributed by atoms with Gasteiger partial charge in [-0.25, -0.2) is 9.97 Å². The van der Waals surface area contributed by atoms with Crippen molar-refractivity contribution >= 4 is 44.7 Å². The summed E-state index contributed by atoms with van der Waals surface area (Å²) < 4.78 is 1.07. The molecule has 5 rings (SSSR count). The number of anilines is 2. The molecule has 1 aromatic carbocycles. The lowest BCUT2D eigenvalue weighted by molar-refractivity contribution is 0.0143. The third-order valence-corrected chi connectivity index (χ3v) is 8.33. The molecule has 6 N–H and O–H groups in total. The fraction of sp³-hybridized carbons (Fsp3) is 0.400. The first kappa shape index (κ1) is 25.0. The first-order chi connectivity index (χ1) is 17.4. The Labute approximate surface area is 217 Å². The third kappa shape index (κ3) is 5.36. The van der Waals surface area contributed by atoms with Crippen molar-refractivity contribution in [2.24, 2.45) is 5.92 Å². The summed E-state index contributed by atoms with van der Waals surface area (Å²) in [6.45, 7) is 4.57. The van der Waals surface area contributed by atoms with Crippen molar-refractivity contribution in [1.29, 1.82) is 0 Å². The van der Waals surface area contributed by atoms with Crippen LogP contribution in [0.15, 0.2) is 41.8 Å². The van der Waals surface area contributed by atoms with Gasteiger partial charge in [-0.15, -0.1) is 22.7 Å². The number of hydrogen-bond acceptors (Lipinski definition) is 11. The van der Waals surface area contributed by atoms with Gasteiger partial charge in [0.15, 0.2) is 0 Å². The van der Waals surface area contributed by atoms with E-state index < -0.39 is 24.5 Å². The van der Waals surface area contributed by atoms with Crippen LogP contribution in [0.5, 0.6) is 0 Å². The number of aryl methyl sites for hydroxylation is 1. The predicted octanol–water partition coefficient (Wildman–Crippen LogP) is 3.19. The van der Waals surface area contributed by atoms with Gasteiger partial charge in [-0.2, -0.15) is 4.98 Å². The molecule has 190 valence electrons. The molecule has 1 fully saturated rings. The van der Waals surface area contributed by atoms with E-state index >= 15 is 0 Å². The van der Waals surface area contributed by atoms with Gasteiger partial charge in [0, 0.05) is 17.3 Å². The van der Waals surface area contributed by atoms with Gasteiger partial charge in [-0.1, -0.05) is 18.2 Å². The van der Waals surface area contributed by atoms with Crippen LogP contribution in [0.25, 0.3) is 20.8 Å². The van der Waals surface area contributed by atoms with Crippen LogP contribution in [-0.4, -0.2) is 61.3 Å². The molecule has 5 unspecified atom stereocenters. The van der Waals surface area contributed by atoms with Crippen LogP contribution >= 0.6 is 22.7 Å². The van der Waals surface area contributed by atoms with Crippen LogP contribution in [-0.2, 0) is 6.54 Å². The average Bonchev–Trinajstić information content (AvgIpc) is 3.58. The summed E-state index contributed by atoms with van der Waals surface area (Å²) >= 11 is 3.23. The molecule has 9 nitrogen and oxygen atoms in total. The first-order valence-corrected chi connectivity index (χ1v) is 13.6. The van der Waals surface area contributed by atoms with Gasteiger partial charge < -0.3 is 26.0 Å². The predicted molar refractivity (Wildman–Crippen MR) is 144 cm³/mol. The van der Waals surface area contributed by atoms with Crippen molar-refractivity contribution in [3.8, 4) is 10.6 Å². The fourth-order valence-corrected chi connectivity index (χ4v) is 6.25. The normalized spacial score (nSPS) is 22.7. The molecular weight excluding hydrogens is 496 g/mol. The second-order valence-electron chi connectivity index (χ2n) is 9.09. The first-order valence-electron chi connectivity index (χ1n) is 11.9. The van der Waals surface area contributed by atoms with Crippen LogP contribution in [0.2, 0.25) is 0 Å². The molecular formula is C25H30N6O3S2. The maximum Gasteiger partial charge on any atom is 0.225 e. The topological polar surface area (TPSA) is 135 Å². The second kappa shape index (κ2) is 10.8. The Morgan fingerprint density at radius 3 is 2.67 bits per heavy atom. The van der Waals surface area contributed by atoms with Crippen molar-refractivity contribution < 1.29 is 15.3 Å². The van der Waals surface area contributed by atoms with E-state index in [-0.39, 0.29) is 5.92 Å². The summed E-state index contributed by atoms with van der Waals surface area (Å²) in [4.78, 5) is 15.5. The number of nitrogens with zero attached hydrogens (tertiary/aromatic N) is 3. The van der Waals surface area contributed by atoms with E-state index in [1.54, 1.807) is 29.6 Å². The smallest absolute Gasteiger partial charge is 0.225 e. The number of aromatic nitrogens is 3. The Balaban J connectivity index is 1.47. The standard InChI is InChI=1S/C25H30N6O3S2/c1-13-20(24-30-17-7-3-4-8-19(17)36-24)23(31-25(28-13)27-12-16-6-5-9-35-16)29-18-10-15(11-26-14(2)32)21(33)22(18)34/h3-9,14-15,18,21-22,26,32-34H,10-12H2,1-2H3,(H2,27,28,29,31). The molecule has 1 saturated carbocycles. The lowest BCUT2D eigenvalue weighted by Gasteiger charge is -2.21. The van der Waals surface area contributed by atoms with E-state index in [0.717, 1.165) is 26.5 Å². The molecule has 1 aliphatic carbocycles. The average molecular weight is 527 g/mol. The Morgan fingerprint density at radius 2 is 1.92 bits per heavy atom. The Kier molecular flexibility index (Phi) is 7.47. The molecule has 1 aliphatic rings. The molecule has 36 heavy (non-hydrogen) atoms. The SMILES string of the molecule is Cc1nc(NCc2cccs2)nc(NC2CC(CNC(C)O)C(O)C2O)c1-c1nc2ccccc2s1. The number of benzene rings is 1. The molecule has 0 amide bonds. The summed E-state index contributed by atoms with van der Waals surface area (Å²) in [6, 6.07) is 11.6. The van der Waals surface area contributed by atoms with Crippen LogP contribution in [0.4, 0.5) is 11.8 Å². The van der Waals surface area contributed by atoms with Crippen molar-refractivity contribution in [3.05, 3.63) is 52.3 Å². The second-order valence-corrected chi connectivity index (χ2v) is 11.2. The number of aliphatic hydroxyl groups is 3. The van der Waals surface area contributed by atoms with Gasteiger partial charge in [-0.3, -0.25) is 5.32 Å². The zero-order chi connectivity index (χ0) is 25.2. The lowest BCUT2D eigenvalue weighted by atomic mass is 10.1. The van der Waals surface area contributed by atoms with E-state index in [0.29, 0.717) is 31.3 Å². The summed E-state index contributed by atoms with van der Waals surface area (Å²) in [7, 11) is 0. The number of hydrogen-bond donors (Lipinski definition) is 6. The van der Waals surface area contributed by atoms with Gasteiger partial charge in [-0.05, 0) is 43.8 Å². The van der Waals surface area contributed by atoms with Gasteiger partial charge in [0.2, 0.25) is 5.95 Å². The lowest BCUT2D eigenvalue weighted by Crippen LogP contribution is -2.38. The van der Waals surface area contributed by atoms with E-state index in [2.05, 4.69) is 22.0 Å². The van der Waals surface area contributed by atoms with Gasteiger partial charge in [0.1, 0.15) is 23.2 Å². The summed E-state index contributed by atoms with van der Waals surface area (Å²) in [5.41, 5.74) is 2.45. The van der Waals surface area contributed by atoms with E-state index in [1.807, 2.05) is 42.6 Å². The third-order valence-electron chi connectivity index (χ3n) is 6.40. The highest BCUT2D eigenvalue weighted by Gasteiger charge is 2.42. The van der Waals surface area contributed by atoms with Crippen LogP contribution in [0.3, 0.4) is 0 Å². The maximum absolute atomic E-state index is 10.8. The van der Waals surface area contributed by atoms with Gasteiger partial charge >= 0.3 is 0 Å². The van der Waals surface area contributed by atoms with Crippen molar-refractivity contribution in [2.45, 2.75) is 51.3 Å². The summed E-state index contributed by atoms with van der Waals surface area (Å²) in [6.07, 6.45) is -2.07. The highest BCUT2D eigenvalue weighted by atomic mass is 32.1. The molecule has 0 radical (unpaired) electrons. The van der Waals surface area contributed by atoms with E-state index in [9.17, 15) is 15.3 Å². The Morgan fingerprint density at radius 1 is 1.08 bits per heavy atom.